The van der Waals surface area contributed by atoms with E-state index in [1.807, 2.05) is 20.8 Å². The average molecular weight is 281 g/mol. The molecular formula is C15H23NO4. The summed E-state index contributed by atoms with van der Waals surface area (Å²) in [6.07, 6.45) is -0.0717. The molecule has 7 atom stereocenters. The van der Waals surface area contributed by atoms with Gasteiger partial charge in [0.05, 0.1) is 18.3 Å². The second-order valence-electron chi connectivity index (χ2n) is 7.21. The Balaban J connectivity index is 1.76. The third-order valence-corrected chi connectivity index (χ3v) is 5.80. The minimum absolute atomic E-state index is 0.0365. The fourth-order valence-corrected chi connectivity index (χ4v) is 3.99. The number of rotatable bonds is 4. The van der Waals surface area contributed by atoms with Crippen molar-refractivity contribution in [2.45, 2.75) is 64.8 Å². The highest BCUT2D eigenvalue weighted by Gasteiger charge is 2.70. The van der Waals surface area contributed by atoms with Gasteiger partial charge in [0.2, 0.25) is 0 Å². The Morgan fingerprint density at radius 3 is 2.85 bits per heavy atom. The predicted molar refractivity (Wildman–Crippen MR) is 70.1 cm³/mol. The van der Waals surface area contributed by atoms with E-state index in [4.69, 9.17) is 9.47 Å². The van der Waals surface area contributed by atoms with Crippen LogP contribution in [0.15, 0.2) is 0 Å². The molecule has 1 heterocycles. The molecule has 1 saturated heterocycles. The molecule has 2 N–H and O–H groups in total. The maximum atomic E-state index is 10.3. The van der Waals surface area contributed by atoms with Gasteiger partial charge in [-0.25, -0.2) is 0 Å². The summed E-state index contributed by atoms with van der Waals surface area (Å²) in [5.74, 6) is 0.235. The lowest BCUT2D eigenvalue weighted by atomic mass is 9.74. The third kappa shape index (κ3) is 1.69. The monoisotopic (exact) mass is 281 g/mol. The molecule has 0 radical (unpaired) electrons. The lowest BCUT2D eigenvalue weighted by molar-refractivity contribution is -0.226. The molecule has 5 nitrogen and oxygen atoms in total. The molecule has 1 aliphatic heterocycles. The molecule has 2 saturated carbocycles. The smallest absolute Gasteiger partial charge is 0.174 e. The Bertz CT molecular complexity index is 446. The van der Waals surface area contributed by atoms with Crippen molar-refractivity contribution in [2.24, 2.45) is 22.7 Å². The Morgan fingerprint density at radius 1 is 1.55 bits per heavy atom. The van der Waals surface area contributed by atoms with Gasteiger partial charge in [-0.3, -0.25) is 0 Å². The van der Waals surface area contributed by atoms with Crippen molar-refractivity contribution >= 4 is 0 Å². The average Bonchev–Trinajstić information content (AvgIpc) is 3.00. The highest BCUT2D eigenvalue weighted by atomic mass is 16.7. The van der Waals surface area contributed by atoms with Gasteiger partial charge in [-0.15, -0.1) is 0 Å². The normalized spacial score (nSPS) is 47.5. The number of nitrogens with zero attached hydrogens (tertiary/aromatic N) is 1. The number of aliphatic hydroxyl groups is 2. The van der Waals surface area contributed by atoms with Crippen molar-refractivity contribution in [3.8, 4) is 6.07 Å². The zero-order valence-electron chi connectivity index (χ0n) is 12.2. The fourth-order valence-electron chi connectivity index (χ4n) is 3.99. The van der Waals surface area contributed by atoms with Gasteiger partial charge in [-0.2, -0.15) is 5.26 Å². The summed E-state index contributed by atoms with van der Waals surface area (Å²) in [5, 5.41) is 29.7. The fraction of sp³-hybridized carbons (Fsp3) is 0.933. The van der Waals surface area contributed by atoms with Crippen molar-refractivity contribution in [1.29, 1.82) is 5.26 Å². The summed E-state index contributed by atoms with van der Waals surface area (Å²) in [7, 11) is 0. The topological polar surface area (TPSA) is 82.7 Å². The summed E-state index contributed by atoms with van der Waals surface area (Å²) in [6.45, 7) is 5.95. The predicted octanol–water partition coefficient (Wildman–Crippen LogP) is 1.39. The minimum atomic E-state index is -1.02. The highest BCUT2D eigenvalue weighted by Crippen LogP contribution is 2.63. The molecule has 2 bridgehead atoms. The van der Waals surface area contributed by atoms with Gasteiger partial charge in [0.1, 0.15) is 5.41 Å². The van der Waals surface area contributed by atoms with Gasteiger partial charge < -0.3 is 19.7 Å². The zero-order valence-corrected chi connectivity index (χ0v) is 12.2. The zero-order chi connectivity index (χ0) is 14.7. The van der Waals surface area contributed by atoms with Crippen LogP contribution in [0.2, 0.25) is 0 Å². The number of nitriles is 1. The summed E-state index contributed by atoms with van der Waals surface area (Å²) in [6, 6.07) is 2.27. The molecule has 0 aromatic carbocycles. The van der Waals surface area contributed by atoms with E-state index in [1.54, 1.807) is 0 Å². The van der Waals surface area contributed by atoms with E-state index in [2.05, 4.69) is 6.07 Å². The van der Waals surface area contributed by atoms with Crippen LogP contribution in [0, 0.1) is 34.0 Å². The molecule has 0 aromatic heterocycles. The first-order chi connectivity index (χ1) is 9.35. The standard InChI is InChI=1S/C15H23NO4/c1-4-14(2,3)12(17)19-10-8-5-9-11(10)20-13(18)15(9,6-8)7-16/h8-13,17-18H,4-6H2,1-3H3/t8?,9?,10?,11?,12-,13+,15?/m1/s1. The van der Waals surface area contributed by atoms with E-state index in [0.717, 1.165) is 12.8 Å². The van der Waals surface area contributed by atoms with E-state index in [9.17, 15) is 15.5 Å². The van der Waals surface area contributed by atoms with E-state index >= 15 is 0 Å². The molecule has 3 fully saturated rings. The first kappa shape index (κ1) is 14.3. The number of ether oxygens (including phenoxy) is 2. The SMILES string of the molecule is CCC(C)(C)[C@H](O)OC1C2CC3C1O[C@H](O)C3(C#N)C2. The summed E-state index contributed by atoms with van der Waals surface area (Å²) >= 11 is 0. The molecule has 5 heteroatoms. The Labute approximate surface area is 119 Å². The number of aliphatic hydroxyl groups excluding tert-OH is 2. The van der Waals surface area contributed by atoms with E-state index in [0.29, 0.717) is 6.42 Å². The minimum Gasteiger partial charge on any atom is -0.367 e. The molecule has 0 spiro atoms. The van der Waals surface area contributed by atoms with Crippen LogP contribution in [0.4, 0.5) is 0 Å². The van der Waals surface area contributed by atoms with Crippen molar-refractivity contribution in [3.63, 3.8) is 0 Å². The largest absolute Gasteiger partial charge is 0.367 e. The molecule has 5 unspecified atom stereocenters. The van der Waals surface area contributed by atoms with Gasteiger partial charge in [0.25, 0.3) is 0 Å². The van der Waals surface area contributed by atoms with Crippen molar-refractivity contribution in [2.75, 3.05) is 0 Å². The Hall–Kier alpha value is -0.670. The highest BCUT2D eigenvalue weighted by molar-refractivity contribution is 5.22. The summed E-state index contributed by atoms with van der Waals surface area (Å²) < 4.78 is 11.5. The molecule has 0 amide bonds. The second kappa shape index (κ2) is 4.41. The van der Waals surface area contributed by atoms with E-state index < -0.39 is 18.0 Å². The quantitative estimate of drug-likeness (QED) is 0.761. The first-order valence-electron chi connectivity index (χ1n) is 7.44. The van der Waals surface area contributed by atoms with Crippen LogP contribution >= 0.6 is 0 Å². The van der Waals surface area contributed by atoms with Gasteiger partial charge >= 0.3 is 0 Å². The van der Waals surface area contributed by atoms with Crippen LogP contribution in [0.5, 0.6) is 0 Å². The molecule has 3 aliphatic rings. The van der Waals surface area contributed by atoms with E-state index in [1.165, 1.54) is 0 Å². The van der Waals surface area contributed by atoms with Gasteiger partial charge in [-0.05, 0) is 25.2 Å². The summed E-state index contributed by atoms with van der Waals surface area (Å²) in [4.78, 5) is 0. The second-order valence-corrected chi connectivity index (χ2v) is 7.21. The van der Waals surface area contributed by atoms with Crippen LogP contribution in [0.1, 0.15) is 40.0 Å². The van der Waals surface area contributed by atoms with Gasteiger partial charge in [0.15, 0.2) is 12.6 Å². The van der Waals surface area contributed by atoms with Crippen LogP contribution in [0.25, 0.3) is 0 Å². The van der Waals surface area contributed by atoms with Crippen LogP contribution in [-0.4, -0.2) is 35.0 Å². The third-order valence-electron chi connectivity index (χ3n) is 5.80. The van der Waals surface area contributed by atoms with Crippen LogP contribution < -0.4 is 0 Å². The molecule has 0 aromatic rings. The van der Waals surface area contributed by atoms with Crippen molar-refractivity contribution in [3.05, 3.63) is 0 Å². The molecular weight excluding hydrogens is 258 g/mol. The molecule has 2 aliphatic carbocycles. The van der Waals surface area contributed by atoms with Gasteiger partial charge in [-0.1, -0.05) is 20.8 Å². The van der Waals surface area contributed by atoms with Crippen LogP contribution in [0.3, 0.4) is 0 Å². The van der Waals surface area contributed by atoms with Crippen molar-refractivity contribution in [1.82, 2.24) is 0 Å². The summed E-state index contributed by atoms with van der Waals surface area (Å²) in [5.41, 5.74) is -1.06. The number of fused-ring (bicyclic) bond motifs is 1. The van der Waals surface area contributed by atoms with Crippen LogP contribution in [-0.2, 0) is 9.47 Å². The Kier molecular flexibility index (Phi) is 3.15. The van der Waals surface area contributed by atoms with Gasteiger partial charge in [0, 0.05) is 11.3 Å². The number of hydrogen-bond donors (Lipinski definition) is 2. The maximum Gasteiger partial charge on any atom is 0.174 e. The molecule has 3 rings (SSSR count). The lowest BCUT2D eigenvalue weighted by Gasteiger charge is -2.36. The van der Waals surface area contributed by atoms with E-state index in [-0.39, 0.29) is 29.5 Å². The first-order valence-corrected chi connectivity index (χ1v) is 7.44. The maximum absolute atomic E-state index is 10.3. The molecule has 112 valence electrons. The number of hydrogen-bond acceptors (Lipinski definition) is 5. The molecule has 20 heavy (non-hydrogen) atoms. The lowest BCUT2D eigenvalue weighted by Crippen LogP contribution is -2.44. The van der Waals surface area contributed by atoms with Crippen molar-refractivity contribution < 1.29 is 19.7 Å². The Morgan fingerprint density at radius 2 is 2.25 bits per heavy atom.